The first-order chi connectivity index (χ1) is 19.7. The highest BCUT2D eigenvalue weighted by molar-refractivity contribution is 7.92. The number of ether oxygens (including phenoxy) is 2. The molecule has 4 rings (SSSR count). The van der Waals surface area contributed by atoms with Gasteiger partial charge >= 0.3 is 0 Å². The van der Waals surface area contributed by atoms with Crippen molar-refractivity contribution in [2.45, 2.75) is 56.1 Å². The normalized spacial score (nSPS) is 14.2. The predicted octanol–water partition coefficient (Wildman–Crippen LogP) is 4.38. The Kier molecular flexibility index (Phi) is 9.88. The van der Waals surface area contributed by atoms with Gasteiger partial charge in [0, 0.05) is 12.6 Å². The molecule has 0 radical (unpaired) electrons. The maximum absolute atomic E-state index is 14.1. The molecule has 1 unspecified atom stereocenters. The van der Waals surface area contributed by atoms with Crippen molar-refractivity contribution in [2.75, 3.05) is 25.1 Å². The lowest BCUT2D eigenvalue weighted by atomic mass is 10.1. The third-order valence-electron chi connectivity index (χ3n) is 7.32. The molecule has 0 aliphatic heterocycles. The molecule has 10 heteroatoms. The van der Waals surface area contributed by atoms with Crippen LogP contribution < -0.4 is 19.1 Å². The zero-order chi connectivity index (χ0) is 29.4. The van der Waals surface area contributed by atoms with Crippen molar-refractivity contribution >= 4 is 27.5 Å². The van der Waals surface area contributed by atoms with E-state index in [1.807, 2.05) is 6.07 Å². The van der Waals surface area contributed by atoms with Crippen molar-refractivity contribution in [3.63, 3.8) is 0 Å². The Balaban J connectivity index is 1.71. The van der Waals surface area contributed by atoms with Crippen LogP contribution in [0.1, 0.15) is 38.2 Å². The zero-order valence-electron chi connectivity index (χ0n) is 23.7. The maximum Gasteiger partial charge on any atom is 0.264 e. The molecule has 9 nitrogen and oxygen atoms in total. The number of amides is 2. The first-order valence-corrected chi connectivity index (χ1v) is 15.1. The molecule has 1 N–H and O–H groups in total. The molecule has 218 valence electrons. The number of nitrogens with one attached hydrogen (secondary N) is 1. The van der Waals surface area contributed by atoms with Crippen LogP contribution in [-0.4, -0.2) is 58.0 Å². The third-order valence-corrected chi connectivity index (χ3v) is 9.09. The molecule has 0 heterocycles. The lowest BCUT2D eigenvalue weighted by molar-refractivity contribution is -0.139. The molecule has 2 amide bonds. The van der Waals surface area contributed by atoms with Crippen molar-refractivity contribution in [1.29, 1.82) is 0 Å². The molecule has 0 bridgehead atoms. The Morgan fingerprint density at radius 1 is 0.927 bits per heavy atom. The molecule has 3 aromatic carbocycles. The lowest BCUT2D eigenvalue weighted by Crippen LogP contribution is -2.52. The van der Waals surface area contributed by atoms with Crippen LogP contribution in [0.25, 0.3) is 0 Å². The highest BCUT2D eigenvalue weighted by Gasteiger charge is 2.34. The fourth-order valence-electron chi connectivity index (χ4n) is 5.01. The topological polar surface area (TPSA) is 105 Å². The summed E-state index contributed by atoms with van der Waals surface area (Å²) in [6, 6.07) is 21.0. The number of benzene rings is 3. The molecule has 0 aromatic heterocycles. The summed E-state index contributed by atoms with van der Waals surface area (Å²) in [5.74, 6) is 0.0987. The Labute approximate surface area is 242 Å². The fourth-order valence-corrected chi connectivity index (χ4v) is 6.46. The van der Waals surface area contributed by atoms with E-state index in [1.54, 1.807) is 74.7 Å². The summed E-state index contributed by atoms with van der Waals surface area (Å²) in [6.07, 6.45) is 3.91. The molecule has 1 aliphatic rings. The van der Waals surface area contributed by atoms with E-state index in [0.717, 1.165) is 35.6 Å². The number of carbonyl (C=O) groups is 2. The molecule has 41 heavy (non-hydrogen) atoms. The number of hydrogen-bond donors (Lipinski definition) is 1. The molecule has 1 saturated carbocycles. The molecular weight excluding hydrogens is 542 g/mol. The summed E-state index contributed by atoms with van der Waals surface area (Å²) in [7, 11) is -1.18. The first-order valence-electron chi connectivity index (χ1n) is 13.7. The van der Waals surface area contributed by atoms with Gasteiger partial charge in [0.05, 0.1) is 24.8 Å². The van der Waals surface area contributed by atoms with Gasteiger partial charge in [0.2, 0.25) is 11.8 Å². The third kappa shape index (κ3) is 7.18. The number of sulfonamides is 1. The molecular formula is C31H37N3O6S. The van der Waals surface area contributed by atoms with Gasteiger partial charge in [0.1, 0.15) is 24.1 Å². The summed E-state index contributed by atoms with van der Waals surface area (Å²) in [6.45, 7) is 1.21. The quantitative estimate of drug-likeness (QED) is 0.342. The van der Waals surface area contributed by atoms with E-state index < -0.39 is 28.5 Å². The monoisotopic (exact) mass is 579 g/mol. The van der Waals surface area contributed by atoms with Gasteiger partial charge in [0.25, 0.3) is 10.0 Å². The summed E-state index contributed by atoms with van der Waals surface area (Å²) < 4.78 is 39.7. The van der Waals surface area contributed by atoms with Crippen LogP contribution in [0.4, 0.5) is 5.69 Å². The van der Waals surface area contributed by atoms with Gasteiger partial charge in [-0.15, -0.1) is 0 Å². The van der Waals surface area contributed by atoms with Crippen LogP contribution in [0.15, 0.2) is 83.8 Å². The standard InChI is InChI=1S/C31H37N3O6S/c1-23(31(36)32-25-13-7-8-14-25)33(21-24-12-11-15-26(20-24)39-2)30(35)22-34(28-18-9-10-19-29(28)40-3)41(37,38)27-16-5-4-6-17-27/h4-6,9-12,15-20,23,25H,7-8,13-14,21-22H2,1-3H3,(H,32,36). The summed E-state index contributed by atoms with van der Waals surface area (Å²) in [5.41, 5.74) is 0.963. The van der Waals surface area contributed by atoms with Gasteiger partial charge < -0.3 is 19.7 Å². The van der Waals surface area contributed by atoms with Crippen LogP contribution in [0, 0.1) is 0 Å². The van der Waals surface area contributed by atoms with Crippen molar-refractivity contribution in [3.8, 4) is 11.5 Å². The van der Waals surface area contributed by atoms with E-state index >= 15 is 0 Å². The van der Waals surface area contributed by atoms with E-state index in [-0.39, 0.29) is 29.1 Å². The van der Waals surface area contributed by atoms with Gasteiger partial charge in [0.15, 0.2) is 0 Å². The zero-order valence-corrected chi connectivity index (χ0v) is 24.5. The van der Waals surface area contributed by atoms with Crippen molar-refractivity contribution in [2.24, 2.45) is 0 Å². The van der Waals surface area contributed by atoms with Crippen LogP contribution in [0.5, 0.6) is 11.5 Å². The van der Waals surface area contributed by atoms with E-state index in [4.69, 9.17) is 9.47 Å². The minimum Gasteiger partial charge on any atom is -0.497 e. The minimum absolute atomic E-state index is 0.0325. The van der Waals surface area contributed by atoms with Crippen LogP contribution in [0.2, 0.25) is 0 Å². The van der Waals surface area contributed by atoms with Gasteiger partial charge in [-0.2, -0.15) is 0 Å². The average Bonchev–Trinajstić information content (AvgIpc) is 3.51. The van der Waals surface area contributed by atoms with E-state index in [9.17, 15) is 18.0 Å². The maximum atomic E-state index is 14.1. The molecule has 1 aliphatic carbocycles. The Hall–Kier alpha value is -4.05. The minimum atomic E-state index is -4.18. The van der Waals surface area contributed by atoms with Gasteiger partial charge in [-0.25, -0.2) is 8.42 Å². The molecule has 3 aromatic rings. The highest BCUT2D eigenvalue weighted by atomic mass is 32.2. The van der Waals surface area contributed by atoms with Gasteiger partial charge in [-0.05, 0) is 61.7 Å². The number of methoxy groups -OCH3 is 2. The number of carbonyl (C=O) groups excluding carboxylic acids is 2. The fraction of sp³-hybridized carbons (Fsp3) is 0.355. The van der Waals surface area contributed by atoms with E-state index in [2.05, 4.69) is 5.32 Å². The van der Waals surface area contributed by atoms with Crippen molar-refractivity contribution < 1.29 is 27.5 Å². The van der Waals surface area contributed by atoms with Crippen LogP contribution >= 0.6 is 0 Å². The van der Waals surface area contributed by atoms with Gasteiger partial charge in [-0.1, -0.05) is 55.3 Å². The molecule has 0 saturated heterocycles. The second kappa shape index (κ2) is 13.5. The highest BCUT2D eigenvalue weighted by Crippen LogP contribution is 2.32. The first kappa shape index (κ1) is 29.9. The smallest absolute Gasteiger partial charge is 0.264 e. The van der Waals surface area contributed by atoms with Crippen LogP contribution in [-0.2, 0) is 26.2 Å². The summed E-state index contributed by atoms with van der Waals surface area (Å²) >= 11 is 0. The average molecular weight is 580 g/mol. The van der Waals surface area contributed by atoms with Gasteiger partial charge in [-0.3, -0.25) is 13.9 Å². The van der Waals surface area contributed by atoms with Crippen molar-refractivity contribution in [3.05, 3.63) is 84.4 Å². The second-order valence-electron chi connectivity index (χ2n) is 10.0. The number of anilines is 1. The van der Waals surface area contributed by atoms with Crippen LogP contribution in [0.3, 0.4) is 0 Å². The molecule has 1 atom stereocenters. The lowest BCUT2D eigenvalue weighted by Gasteiger charge is -2.33. The SMILES string of the molecule is COc1cccc(CN(C(=O)CN(c2ccccc2OC)S(=O)(=O)c2ccccc2)C(C)C(=O)NC2CCCC2)c1. The number of hydrogen-bond acceptors (Lipinski definition) is 6. The van der Waals surface area contributed by atoms with E-state index in [0.29, 0.717) is 11.5 Å². The molecule has 1 fully saturated rings. The Morgan fingerprint density at radius 2 is 1.61 bits per heavy atom. The second-order valence-corrected chi connectivity index (χ2v) is 11.9. The summed E-state index contributed by atoms with van der Waals surface area (Å²) in [5, 5.41) is 3.07. The van der Waals surface area contributed by atoms with E-state index in [1.165, 1.54) is 24.1 Å². The summed E-state index contributed by atoms with van der Waals surface area (Å²) in [4.78, 5) is 28.9. The predicted molar refractivity (Wildman–Crippen MR) is 157 cm³/mol. The number of para-hydroxylation sites is 2. The number of nitrogens with zero attached hydrogens (tertiary/aromatic N) is 2. The molecule has 0 spiro atoms. The Morgan fingerprint density at radius 3 is 2.29 bits per heavy atom. The van der Waals surface area contributed by atoms with Crippen molar-refractivity contribution in [1.82, 2.24) is 10.2 Å². The largest absolute Gasteiger partial charge is 0.497 e. The number of rotatable bonds is 12. The Bertz CT molecular complexity index is 1440.